The highest BCUT2D eigenvalue weighted by atomic mass is 32.2. The molecule has 0 amide bonds. The van der Waals surface area contributed by atoms with Gasteiger partial charge in [-0.05, 0) is 30.5 Å². The summed E-state index contributed by atoms with van der Waals surface area (Å²) in [7, 11) is -3.38. The summed E-state index contributed by atoms with van der Waals surface area (Å²) in [5.74, 6) is -3.31. The van der Waals surface area contributed by atoms with Crippen molar-refractivity contribution in [2.45, 2.75) is 31.2 Å². The molecule has 1 atom stereocenters. The number of carbonyl (C=O) groups is 2. The maximum atomic E-state index is 13.4. The molecule has 0 fully saturated rings. The Morgan fingerprint density at radius 2 is 1.96 bits per heavy atom. The molecule has 9 heteroatoms. The van der Waals surface area contributed by atoms with Gasteiger partial charge in [-0.3, -0.25) is 4.79 Å². The van der Waals surface area contributed by atoms with Crippen LogP contribution >= 0.6 is 0 Å². The fourth-order valence-corrected chi connectivity index (χ4v) is 3.33. The van der Waals surface area contributed by atoms with Crippen molar-refractivity contribution in [2.24, 2.45) is 5.92 Å². The summed E-state index contributed by atoms with van der Waals surface area (Å²) < 4.78 is 44.6. The molecule has 1 aromatic carbocycles. The van der Waals surface area contributed by atoms with Crippen LogP contribution in [0.15, 0.2) is 23.1 Å². The summed E-state index contributed by atoms with van der Waals surface area (Å²) >= 11 is 0. The molecule has 7 nitrogen and oxygen atoms in total. The lowest BCUT2D eigenvalue weighted by Crippen LogP contribution is -2.42. The Bertz CT molecular complexity index is 701. The lowest BCUT2D eigenvalue weighted by atomic mass is 10.1. The molecular weight excluding hydrogens is 329 g/mol. The van der Waals surface area contributed by atoms with Gasteiger partial charge in [-0.25, -0.2) is 17.6 Å². The summed E-state index contributed by atoms with van der Waals surface area (Å²) in [5.41, 5.74) is -0.380. The molecule has 0 saturated heterocycles. The van der Waals surface area contributed by atoms with Gasteiger partial charge in [-0.15, -0.1) is 0 Å². The highest BCUT2D eigenvalue weighted by Gasteiger charge is 2.29. The highest BCUT2D eigenvalue weighted by Crippen LogP contribution is 2.19. The number of nitrogens with one attached hydrogen (secondary N) is 1. The zero-order valence-corrected chi connectivity index (χ0v) is 13.7. The second kappa shape index (κ2) is 7.51. The van der Waals surface area contributed by atoms with Crippen LogP contribution in [-0.4, -0.2) is 38.6 Å². The minimum absolute atomic E-state index is 0.0391. The first-order valence-electron chi connectivity index (χ1n) is 6.71. The van der Waals surface area contributed by atoms with Gasteiger partial charge in [0.2, 0.25) is 10.0 Å². The number of halogens is 1. The Kier molecular flexibility index (Phi) is 6.22. The van der Waals surface area contributed by atoms with Crippen molar-refractivity contribution in [1.82, 2.24) is 4.72 Å². The molecule has 0 radical (unpaired) electrons. The van der Waals surface area contributed by atoms with Crippen LogP contribution in [0.25, 0.3) is 0 Å². The first-order chi connectivity index (χ1) is 10.6. The fourth-order valence-electron chi connectivity index (χ4n) is 1.92. The summed E-state index contributed by atoms with van der Waals surface area (Å²) in [6.07, 6.45) is 0.0391. The maximum absolute atomic E-state index is 13.4. The van der Waals surface area contributed by atoms with E-state index in [1.165, 1.54) is 0 Å². The van der Waals surface area contributed by atoms with Crippen molar-refractivity contribution in [1.29, 1.82) is 0 Å². The molecule has 0 aliphatic rings. The van der Waals surface area contributed by atoms with E-state index in [1.54, 1.807) is 13.8 Å². The number of rotatable bonds is 7. The van der Waals surface area contributed by atoms with Gasteiger partial charge in [-0.1, -0.05) is 13.8 Å². The number of carboxylic acids is 1. The second-order valence-electron chi connectivity index (χ2n) is 5.27. The largest absolute Gasteiger partial charge is 0.480 e. The normalized spacial score (nSPS) is 12.9. The van der Waals surface area contributed by atoms with E-state index >= 15 is 0 Å². The van der Waals surface area contributed by atoms with Crippen LogP contribution in [-0.2, 0) is 19.6 Å². The molecule has 0 aromatic heterocycles. The minimum atomic E-state index is -4.43. The molecule has 1 aromatic rings. The third-order valence-corrected chi connectivity index (χ3v) is 4.45. The Morgan fingerprint density at radius 1 is 1.35 bits per heavy atom. The Balaban J connectivity index is 3.29. The van der Waals surface area contributed by atoms with Crippen LogP contribution in [0.4, 0.5) is 4.39 Å². The van der Waals surface area contributed by atoms with Crippen molar-refractivity contribution in [2.75, 3.05) is 7.11 Å². The number of carboxylic acid groups (broad SMARTS) is 1. The van der Waals surface area contributed by atoms with E-state index < -0.39 is 38.7 Å². The van der Waals surface area contributed by atoms with Gasteiger partial charge in [0.15, 0.2) is 0 Å². The van der Waals surface area contributed by atoms with Crippen LogP contribution in [0.5, 0.6) is 0 Å². The highest BCUT2D eigenvalue weighted by molar-refractivity contribution is 7.89. The van der Waals surface area contributed by atoms with E-state index in [1.807, 2.05) is 4.72 Å². The number of esters is 1. The lowest BCUT2D eigenvalue weighted by Gasteiger charge is -2.17. The smallest absolute Gasteiger partial charge is 0.339 e. The monoisotopic (exact) mass is 347 g/mol. The number of hydrogen-bond donors (Lipinski definition) is 2. The van der Waals surface area contributed by atoms with Gasteiger partial charge in [0.1, 0.15) is 11.9 Å². The second-order valence-corrected chi connectivity index (χ2v) is 6.96. The van der Waals surface area contributed by atoms with Gasteiger partial charge >= 0.3 is 11.9 Å². The SMILES string of the molecule is COC(=O)c1ccc(F)cc1S(=O)(=O)N[C@H](CC(C)C)C(=O)O. The molecule has 0 saturated carbocycles. The van der Waals surface area contributed by atoms with Gasteiger partial charge in [0.25, 0.3) is 0 Å². The zero-order chi connectivity index (χ0) is 17.8. The van der Waals surface area contributed by atoms with Crippen molar-refractivity contribution in [3.05, 3.63) is 29.6 Å². The molecule has 0 unspecified atom stereocenters. The quantitative estimate of drug-likeness (QED) is 0.721. The number of sulfonamides is 1. The van der Waals surface area contributed by atoms with Gasteiger partial charge < -0.3 is 9.84 Å². The van der Waals surface area contributed by atoms with E-state index in [9.17, 15) is 22.4 Å². The molecule has 0 bridgehead atoms. The molecule has 23 heavy (non-hydrogen) atoms. The number of ether oxygens (including phenoxy) is 1. The lowest BCUT2D eigenvalue weighted by molar-refractivity contribution is -0.139. The fraction of sp³-hybridized carbons (Fsp3) is 0.429. The molecule has 0 aliphatic carbocycles. The van der Waals surface area contributed by atoms with E-state index in [-0.39, 0.29) is 17.9 Å². The third kappa shape index (κ3) is 5.00. The van der Waals surface area contributed by atoms with E-state index in [0.717, 1.165) is 19.2 Å². The van der Waals surface area contributed by atoms with Crippen LogP contribution < -0.4 is 4.72 Å². The number of carbonyl (C=O) groups excluding carboxylic acids is 1. The van der Waals surface area contributed by atoms with E-state index in [0.29, 0.717) is 6.07 Å². The number of benzene rings is 1. The average Bonchev–Trinajstić information content (AvgIpc) is 2.44. The molecule has 0 aliphatic heterocycles. The van der Waals surface area contributed by atoms with Crippen LogP contribution in [0, 0.1) is 11.7 Å². The number of aliphatic carboxylic acids is 1. The predicted octanol–water partition coefficient (Wildman–Crippen LogP) is 1.39. The maximum Gasteiger partial charge on any atom is 0.339 e. The average molecular weight is 347 g/mol. The van der Waals surface area contributed by atoms with Gasteiger partial charge in [-0.2, -0.15) is 4.72 Å². The molecule has 128 valence electrons. The molecule has 2 N–H and O–H groups in total. The summed E-state index contributed by atoms with van der Waals surface area (Å²) in [6, 6.07) is 1.12. The molecule has 0 heterocycles. The summed E-state index contributed by atoms with van der Waals surface area (Å²) in [5, 5.41) is 9.12. The van der Waals surface area contributed by atoms with Crippen LogP contribution in [0.3, 0.4) is 0 Å². The summed E-state index contributed by atoms with van der Waals surface area (Å²) in [6.45, 7) is 3.46. The van der Waals surface area contributed by atoms with Crippen molar-refractivity contribution in [3.8, 4) is 0 Å². The summed E-state index contributed by atoms with van der Waals surface area (Å²) in [4.78, 5) is 22.2. The minimum Gasteiger partial charge on any atom is -0.480 e. The Labute approximate surface area is 133 Å². The Morgan fingerprint density at radius 3 is 2.43 bits per heavy atom. The topological polar surface area (TPSA) is 110 Å². The first kappa shape index (κ1) is 19.0. The first-order valence-corrected chi connectivity index (χ1v) is 8.19. The van der Waals surface area contributed by atoms with Crippen molar-refractivity contribution < 1.29 is 32.2 Å². The zero-order valence-electron chi connectivity index (χ0n) is 12.9. The van der Waals surface area contributed by atoms with E-state index in [4.69, 9.17) is 5.11 Å². The molecule has 1 rings (SSSR count). The molecular formula is C14H18FNO6S. The van der Waals surface area contributed by atoms with Crippen LogP contribution in [0.2, 0.25) is 0 Å². The number of hydrogen-bond acceptors (Lipinski definition) is 5. The predicted molar refractivity (Wildman–Crippen MR) is 78.9 cm³/mol. The Hall–Kier alpha value is -2.00. The number of methoxy groups -OCH3 is 1. The van der Waals surface area contributed by atoms with Crippen molar-refractivity contribution >= 4 is 22.0 Å². The van der Waals surface area contributed by atoms with Gasteiger partial charge in [0, 0.05) is 0 Å². The molecule has 0 spiro atoms. The van der Waals surface area contributed by atoms with Crippen LogP contribution in [0.1, 0.15) is 30.6 Å². The van der Waals surface area contributed by atoms with Gasteiger partial charge in [0.05, 0.1) is 17.6 Å². The van der Waals surface area contributed by atoms with E-state index in [2.05, 4.69) is 4.74 Å². The standard InChI is InChI=1S/C14H18FNO6S/c1-8(2)6-11(13(17)18)16-23(20,21)12-7-9(15)4-5-10(12)14(19)22-3/h4-5,7-8,11,16H,6H2,1-3H3,(H,17,18)/t11-/m1/s1. The third-order valence-electron chi connectivity index (χ3n) is 2.94. The van der Waals surface area contributed by atoms with Crippen molar-refractivity contribution in [3.63, 3.8) is 0 Å².